The summed E-state index contributed by atoms with van der Waals surface area (Å²) in [6.07, 6.45) is 7.35. The monoisotopic (exact) mass is 372 g/mol. The third-order valence-corrected chi connectivity index (χ3v) is 6.12. The van der Waals surface area contributed by atoms with E-state index in [1.807, 2.05) is 6.07 Å². The first-order valence-corrected chi connectivity index (χ1v) is 10.4. The highest BCUT2D eigenvalue weighted by molar-refractivity contribution is 5.80. The van der Waals surface area contributed by atoms with Crippen LogP contribution < -0.4 is 5.32 Å². The number of carboxylic acids is 1. The van der Waals surface area contributed by atoms with Gasteiger partial charge < -0.3 is 10.4 Å². The zero-order valence-corrected chi connectivity index (χ0v) is 16.1. The van der Waals surface area contributed by atoms with E-state index in [4.69, 9.17) is 0 Å². The van der Waals surface area contributed by atoms with Crippen molar-refractivity contribution in [2.45, 2.75) is 64.0 Å². The van der Waals surface area contributed by atoms with Crippen LogP contribution in [0.2, 0.25) is 0 Å². The average molecular weight is 373 g/mol. The van der Waals surface area contributed by atoms with Gasteiger partial charge in [-0.05, 0) is 44.3 Å². The molecule has 1 amide bonds. The van der Waals surface area contributed by atoms with Crippen LogP contribution in [0.25, 0.3) is 0 Å². The molecule has 2 N–H and O–H groups in total. The zero-order valence-electron chi connectivity index (χ0n) is 16.1. The van der Waals surface area contributed by atoms with E-state index < -0.39 is 11.9 Å². The lowest BCUT2D eigenvalue weighted by Gasteiger charge is -2.33. The van der Waals surface area contributed by atoms with Crippen LogP contribution in [0.15, 0.2) is 30.3 Å². The average Bonchev–Trinajstić information content (AvgIpc) is 2.65. The molecule has 2 aliphatic rings. The molecule has 1 aliphatic carbocycles. The number of aliphatic carboxylic acids is 1. The van der Waals surface area contributed by atoms with Gasteiger partial charge in [-0.1, -0.05) is 56.0 Å². The minimum atomic E-state index is -0.764. The van der Waals surface area contributed by atoms with Crippen molar-refractivity contribution in [1.82, 2.24) is 10.2 Å². The maximum absolute atomic E-state index is 12.8. The Hall–Kier alpha value is -1.88. The molecule has 1 aliphatic heterocycles. The Morgan fingerprint density at radius 2 is 1.63 bits per heavy atom. The Balaban J connectivity index is 1.50. The van der Waals surface area contributed by atoms with Crippen molar-refractivity contribution in [2.75, 3.05) is 13.1 Å². The summed E-state index contributed by atoms with van der Waals surface area (Å²) in [5.74, 6) is -1.13. The fourth-order valence-electron chi connectivity index (χ4n) is 4.45. The summed E-state index contributed by atoms with van der Waals surface area (Å²) in [5.41, 5.74) is 1.30. The highest BCUT2D eigenvalue weighted by atomic mass is 16.4. The molecule has 5 nitrogen and oxygen atoms in total. The number of hydrogen-bond donors (Lipinski definition) is 2. The predicted octanol–water partition coefficient (Wildman–Crippen LogP) is 3.44. The normalized spacial score (nSPS) is 25.3. The van der Waals surface area contributed by atoms with Crippen molar-refractivity contribution in [3.8, 4) is 0 Å². The number of amides is 1. The number of nitrogens with one attached hydrogen (secondary N) is 1. The van der Waals surface area contributed by atoms with Crippen LogP contribution >= 0.6 is 0 Å². The summed E-state index contributed by atoms with van der Waals surface area (Å²) in [7, 11) is 0. The van der Waals surface area contributed by atoms with Crippen molar-refractivity contribution in [3.63, 3.8) is 0 Å². The third kappa shape index (κ3) is 5.80. The zero-order chi connectivity index (χ0) is 19.1. The van der Waals surface area contributed by atoms with E-state index in [1.54, 1.807) is 0 Å². The molecule has 0 bridgehead atoms. The van der Waals surface area contributed by atoms with Crippen LogP contribution in [0, 0.1) is 11.8 Å². The number of nitrogens with zero attached hydrogens (tertiary/aromatic N) is 1. The Bertz CT molecular complexity index is 611. The molecule has 1 heterocycles. The molecule has 2 atom stereocenters. The maximum Gasteiger partial charge on any atom is 0.308 e. The number of carboxylic acid groups (broad SMARTS) is 1. The Morgan fingerprint density at radius 3 is 2.30 bits per heavy atom. The van der Waals surface area contributed by atoms with Crippen LogP contribution in [-0.4, -0.2) is 41.0 Å². The SMILES string of the molecule is O=C(NC1CCCCCCC1C(=O)O)C1CCN(Cc2ccccc2)CC1. The molecule has 0 aromatic heterocycles. The molecule has 1 aromatic rings. The highest BCUT2D eigenvalue weighted by Crippen LogP contribution is 2.25. The fourth-order valence-corrected chi connectivity index (χ4v) is 4.45. The molecule has 148 valence electrons. The van der Waals surface area contributed by atoms with Crippen molar-refractivity contribution >= 4 is 11.9 Å². The number of hydrogen-bond acceptors (Lipinski definition) is 3. The van der Waals surface area contributed by atoms with Crippen molar-refractivity contribution in [2.24, 2.45) is 11.8 Å². The van der Waals surface area contributed by atoms with Gasteiger partial charge in [-0.2, -0.15) is 0 Å². The van der Waals surface area contributed by atoms with Crippen LogP contribution in [0.3, 0.4) is 0 Å². The van der Waals surface area contributed by atoms with Gasteiger partial charge in [0.15, 0.2) is 0 Å². The Labute approximate surface area is 162 Å². The molecule has 0 radical (unpaired) electrons. The van der Waals surface area contributed by atoms with Crippen molar-refractivity contribution in [1.29, 1.82) is 0 Å². The minimum absolute atomic E-state index is 0.0110. The molecule has 1 saturated heterocycles. The molecule has 5 heteroatoms. The molecule has 0 spiro atoms. The van der Waals surface area contributed by atoms with Crippen LogP contribution in [0.5, 0.6) is 0 Å². The molecule has 27 heavy (non-hydrogen) atoms. The van der Waals surface area contributed by atoms with Gasteiger partial charge in [0.25, 0.3) is 0 Å². The molecule has 1 saturated carbocycles. The predicted molar refractivity (Wildman–Crippen MR) is 105 cm³/mol. The molecular weight excluding hydrogens is 340 g/mol. The lowest BCUT2D eigenvalue weighted by atomic mass is 9.86. The number of carbonyl (C=O) groups excluding carboxylic acids is 1. The molecule has 2 fully saturated rings. The molecule has 3 rings (SSSR count). The first-order valence-electron chi connectivity index (χ1n) is 10.4. The largest absolute Gasteiger partial charge is 0.481 e. The summed E-state index contributed by atoms with van der Waals surface area (Å²) in [6.45, 7) is 2.76. The van der Waals surface area contributed by atoms with E-state index >= 15 is 0 Å². The van der Waals surface area contributed by atoms with Crippen LogP contribution in [0.4, 0.5) is 0 Å². The van der Waals surface area contributed by atoms with Gasteiger partial charge in [-0.15, -0.1) is 0 Å². The van der Waals surface area contributed by atoms with E-state index in [2.05, 4.69) is 34.5 Å². The smallest absolute Gasteiger partial charge is 0.308 e. The van der Waals surface area contributed by atoms with Crippen LogP contribution in [-0.2, 0) is 16.1 Å². The minimum Gasteiger partial charge on any atom is -0.481 e. The second-order valence-corrected chi connectivity index (χ2v) is 8.09. The Kier molecular flexibility index (Phi) is 7.27. The van der Waals surface area contributed by atoms with Gasteiger partial charge in [-0.25, -0.2) is 0 Å². The van der Waals surface area contributed by atoms with Gasteiger partial charge >= 0.3 is 5.97 Å². The second-order valence-electron chi connectivity index (χ2n) is 8.09. The van der Waals surface area contributed by atoms with Gasteiger partial charge in [0.05, 0.1) is 5.92 Å². The van der Waals surface area contributed by atoms with E-state index in [0.29, 0.717) is 6.42 Å². The third-order valence-electron chi connectivity index (χ3n) is 6.12. The fraction of sp³-hybridized carbons (Fsp3) is 0.636. The molecule has 1 aromatic carbocycles. The summed E-state index contributed by atoms with van der Waals surface area (Å²) in [4.78, 5) is 26.8. The van der Waals surface area contributed by atoms with E-state index in [-0.39, 0.29) is 17.9 Å². The molecular formula is C22H32N2O3. The van der Waals surface area contributed by atoms with E-state index in [9.17, 15) is 14.7 Å². The number of piperidine rings is 1. The quantitative estimate of drug-likeness (QED) is 0.831. The lowest BCUT2D eigenvalue weighted by Crippen LogP contribution is -2.48. The van der Waals surface area contributed by atoms with Gasteiger partial charge in [-0.3, -0.25) is 14.5 Å². The summed E-state index contributed by atoms with van der Waals surface area (Å²) < 4.78 is 0. The number of benzene rings is 1. The van der Waals surface area contributed by atoms with Crippen molar-refractivity contribution < 1.29 is 14.7 Å². The Morgan fingerprint density at radius 1 is 0.963 bits per heavy atom. The highest BCUT2D eigenvalue weighted by Gasteiger charge is 2.32. The summed E-state index contributed by atoms with van der Waals surface area (Å²) in [6, 6.07) is 10.2. The van der Waals surface area contributed by atoms with E-state index in [1.165, 1.54) is 5.56 Å². The standard InChI is InChI=1S/C22H32N2O3/c25-21(23-20-11-7-2-1-6-10-19(20)22(26)27)18-12-14-24(15-13-18)16-17-8-4-3-5-9-17/h3-5,8-9,18-20H,1-2,6-7,10-16H2,(H,23,25)(H,26,27). The number of rotatable bonds is 5. The van der Waals surface area contributed by atoms with Gasteiger partial charge in [0, 0.05) is 18.5 Å². The van der Waals surface area contributed by atoms with Crippen LogP contribution in [0.1, 0.15) is 56.9 Å². The maximum atomic E-state index is 12.8. The lowest BCUT2D eigenvalue weighted by molar-refractivity contribution is -0.143. The topological polar surface area (TPSA) is 69.6 Å². The first-order chi connectivity index (χ1) is 13.1. The van der Waals surface area contributed by atoms with Gasteiger partial charge in [0.1, 0.15) is 0 Å². The first kappa shape index (κ1) is 19.9. The molecule has 2 unspecified atom stereocenters. The van der Waals surface area contributed by atoms with E-state index in [0.717, 1.165) is 64.6 Å². The summed E-state index contributed by atoms with van der Waals surface area (Å²) in [5, 5.41) is 12.7. The summed E-state index contributed by atoms with van der Waals surface area (Å²) >= 11 is 0. The number of carbonyl (C=O) groups is 2. The number of likely N-dealkylation sites (tertiary alicyclic amines) is 1. The van der Waals surface area contributed by atoms with Crippen molar-refractivity contribution in [3.05, 3.63) is 35.9 Å². The van der Waals surface area contributed by atoms with Gasteiger partial charge in [0.2, 0.25) is 5.91 Å². The second kappa shape index (κ2) is 9.88.